The molecule has 0 fully saturated rings. The van der Waals surface area contributed by atoms with E-state index in [-0.39, 0.29) is 35.2 Å². The molecular formula is C27H26BrN3O4. The van der Waals surface area contributed by atoms with Gasteiger partial charge in [-0.05, 0) is 48.2 Å². The van der Waals surface area contributed by atoms with Crippen molar-refractivity contribution in [2.45, 2.75) is 39.5 Å². The Morgan fingerprint density at radius 3 is 2.77 bits per heavy atom. The van der Waals surface area contributed by atoms with Gasteiger partial charge in [0.25, 0.3) is 5.91 Å². The van der Waals surface area contributed by atoms with Crippen LogP contribution in [-0.2, 0) is 14.3 Å². The van der Waals surface area contributed by atoms with Crippen LogP contribution in [0.1, 0.15) is 43.7 Å². The second-order valence-electron chi connectivity index (χ2n) is 9.59. The van der Waals surface area contributed by atoms with Crippen molar-refractivity contribution in [2.75, 3.05) is 11.9 Å². The van der Waals surface area contributed by atoms with E-state index >= 15 is 0 Å². The van der Waals surface area contributed by atoms with Gasteiger partial charge in [-0.15, -0.1) is 0 Å². The van der Waals surface area contributed by atoms with Crippen molar-refractivity contribution in [3.63, 3.8) is 0 Å². The van der Waals surface area contributed by atoms with Crippen LogP contribution in [0, 0.1) is 23.7 Å². The van der Waals surface area contributed by atoms with Gasteiger partial charge in [-0.1, -0.05) is 41.9 Å². The van der Waals surface area contributed by atoms with Gasteiger partial charge in [-0.2, -0.15) is 5.26 Å². The van der Waals surface area contributed by atoms with Crippen molar-refractivity contribution in [1.82, 2.24) is 0 Å². The Bertz CT molecular complexity index is 1320. The summed E-state index contributed by atoms with van der Waals surface area (Å²) >= 11 is 3.47. The summed E-state index contributed by atoms with van der Waals surface area (Å²) in [7, 11) is 0. The van der Waals surface area contributed by atoms with Crippen LogP contribution in [0.3, 0.4) is 0 Å². The molecule has 8 heteroatoms. The smallest absolute Gasteiger partial charge is 0.262 e. The molecule has 1 heterocycles. The van der Waals surface area contributed by atoms with Crippen LogP contribution in [0.4, 0.5) is 5.69 Å². The maximum atomic E-state index is 13.3. The van der Waals surface area contributed by atoms with Crippen LogP contribution in [0.5, 0.6) is 5.75 Å². The molecule has 0 saturated heterocycles. The number of allylic oxidation sites excluding steroid dienone is 3. The SMILES string of the molecule is Cc1cccc(NC(=O)COc2ccc(Br)cc2C2C(C#N)=C(N)OC3=C2C(=O)CC(C)(C)C3)c1. The fourth-order valence-electron chi connectivity index (χ4n) is 4.54. The van der Waals surface area contributed by atoms with Gasteiger partial charge in [0.15, 0.2) is 12.4 Å². The van der Waals surface area contributed by atoms with Crippen molar-refractivity contribution in [3.05, 3.63) is 80.9 Å². The van der Waals surface area contributed by atoms with E-state index in [0.717, 1.165) is 10.0 Å². The van der Waals surface area contributed by atoms with E-state index < -0.39 is 5.92 Å². The molecule has 1 unspecified atom stereocenters. The summed E-state index contributed by atoms with van der Waals surface area (Å²) in [4.78, 5) is 25.8. The first-order valence-electron chi connectivity index (χ1n) is 11.2. The molecule has 2 aliphatic rings. The summed E-state index contributed by atoms with van der Waals surface area (Å²) < 4.78 is 12.4. The molecule has 1 amide bonds. The highest BCUT2D eigenvalue weighted by atomic mass is 79.9. The number of benzene rings is 2. The van der Waals surface area contributed by atoms with Crippen LogP contribution in [0.2, 0.25) is 0 Å². The Morgan fingerprint density at radius 1 is 1.29 bits per heavy atom. The number of carbonyl (C=O) groups is 2. The van der Waals surface area contributed by atoms with E-state index in [1.54, 1.807) is 24.3 Å². The Morgan fingerprint density at radius 2 is 2.06 bits per heavy atom. The zero-order valence-corrected chi connectivity index (χ0v) is 21.4. The molecule has 0 saturated carbocycles. The number of ether oxygens (including phenoxy) is 2. The minimum atomic E-state index is -0.750. The first-order valence-corrected chi connectivity index (χ1v) is 12.0. The van der Waals surface area contributed by atoms with E-state index in [2.05, 4.69) is 27.3 Å². The highest BCUT2D eigenvalue weighted by Crippen LogP contribution is 2.49. The molecule has 2 aromatic rings. The molecule has 1 atom stereocenters. The number of hydrogen-bond donors (Lipinski definition) is 2. The molecule has 1 aliphatic heterocycles. The summed E-state index contributed by atoms with van der Waals surface area (Å²) in [5.41, 5.74) is 8.68. The third-order valence-electron chi connectivity index (χ3n) is 6.02. The van der Waals surface area contributed by atoms with Gasteiger partial charge in [0.1, 0.15) is 23.2 Å². The van der Waals surface area contributed by atoms with Crippen molar-refractivity contribution in [2.24, 2.45) is 11.1 Å². The summed E-state index contributed by atoms with van der Waals surface area (Å²) in [6.45, 7) is 5.68. The molecule has 0 spiro atoms. The average Bonchev–Trinajstić information content (AvgIpc) is 2.76. The summed E-state index contributed by atoms with van der Waals surface area (Å²) in [5, 5.41) is 12.7. The minimum absolute atomic E-state index is 0.0233. The lowest BCUT2D eigenvalue weighted by molar-refractivity contribution is -0.119. The van der Waals surface area contributed by atoms with Gasteiger partial charge >= 0.3 is 0 Å². The average molecular weight is 536 g/mol. The second kappa shape index (κ2) is 9.59. The van der Waals surface area contributed by atoms with E-state index in [1.807, 2.05) is 39.0 Å². The van der Waals surface area contributed by atoms with Gasteiger partial charge in [-0.3, -0.25) is 9.59 Å². The number of Topliss-reactive ketones (excluding diaryl/α,β-unsaturated/α-hetero) is 1. The number of carbonyl (C=O) groups excluding carboxylic acids is 2. The van der Waals surface area contributed by atoms with Crippen LogP contribution in [-0.4, -0.2) is 18.3 Å². The first-order chi connectivity index (χ1) is 16.6. The topological polar surface area (TPSA) is 114 Å². The van der Waals surface area contributed by atoms with Gasteiger partial charge in [0.05, 0.1) is 5.92 Å². The molecule has 3 N–H and O–H groups in total. The van der Waals surface area contributed by atoms with E-state index in [0.29, 0.717) is 41.2 Å². The van der Waals surface area contributed by atoms with Crippen LogP contribution >= 0.6 is 15.9 Å². The highest BCUT2D eigenvalue weighted by Gasteiger charge is 2.43. The monoisotopic (exact) mass is 535 g/mol. The van der Waals surface area contributed by atoms with E-state index in [4.69, 9.17) is 15.2 Å². The quantitative estimate of drug-likeness (QED) is 0.541. The number of aryl methyl sites for hydroxylation is 1. The summed E-state index contributed by atoms with van der Waals surface area (Å²) in [6, 6.07) is 14.8. The van der Waals surface area contributed by atoms with Crippen molar-refractivity contribution < 1.29 is 19.1 Å². The molecule has 0 bridgehead atoms. The maximum Gasteiger partial charge on any atom is 0.262 e. The summed E-state index contributed by atoms with van der Waals surface area (Å²) in [5.74, 6) is -0.336. The molecular weight excluding hydrogens is 510 g/mol. The lowest BCUT2D eigenvalue weighted by Crippen LogP contribution is -2.33. The fraction of sp³-hybridized carbons (Fsp3) is 0.296. The number of rotatable bonds is 5. The molecule has 0 radical (unpaired) electrons. The molecule has 7 nitrogen and oxygen atoms in total. The van der Waals surface area contributed by atoms with Gasteiger partial charge in [0.2, 0.25) is 5.88 Å². The zero-order chi connectivity index (χ0) is 25.3. The highest BCUT2D eigenvalue weighted by molar-refractivity contribution is 9.10. The van der Waals surface area contributed by atoms with Crippen molar-refractivity contribution in [1.29, 1.82) is 5.26 Å². The predicted octanol–water partition coefficient (Wildman–Crippen LogP) is 5.23. The molecule has 1 aliphatic carbocycles. The predicted molar refractivity (Wildman–Crippen MR) is 135 cm³/mol. The Kier molecular flexibility index (Phi) is 6.73. The molecule has 0 aromatic heterocycles. The number of anilines is 1. The lowest BCUT2D eigenvalue weighted by Gasteiger charge is -2.37. The molecule has 4 rings (SSSR count). The van der Waals surface area contributed by atoms with Crippen LogP contribution < -0.4 is 15.8 Å². The Balaban J connectivity index is 1.68. The standard InChI is InChI=1S/C27H26BrN3O4/c1-15-5-4-6-17(9-15)31-23(33)14-34-21-8-7-16(28)10-18(21)24-19(13-29)26(30)35-22-12-27(2,3)11-20(32)25(22)24/h4-10,24H,11-12,14,30H2,1-3H3,(H,31,33). The number of halogens is 1. The lowest BCUT2D eigenvalue weighted by atomic mass is 9.70. The fourth-order valence-corrected chi connectivity index (χ4v) is 4.91. The minimum Gasteiger partial charge on any atom is -0.483 e. The maximum absolute atomic E-state index is 13.3. The van der Waals surface area contributed by atoms with Gasteiger partial charge in [-0.25, -0.2) is 0 Å². The zero-order valence-electron chi connectivity index (χ0n) is 19.8. The largest absolute Gasteiger partial charge is 0.483 e. The number of amides is 1. The van der Waals surface area contributed by atoms with E-state index in [1.165, 1.54) is 0 Å². The number of nitrogens with two attached hydrogens (primary N) is 1. The third kappa shape index (κ3) is 5.25. The number of hydrogen-bond acceptors (Lipinski definition) is 6. The Labute approximate surface area is 212 Å². The normalized spacial score (nSPS) is 18.9. The van der Waals surface area contributed by atoms with Gasteiger partial charge in [0, 0.05) is 34.1 Å². The van der Waals surface area contributed by atoms with Crippen LogP contribution in [0.25, 0.3) is 0 Å². The molecule has 35 heavy (non-hydrogen) atoms. The molecule has 2 aromatic carbocycles. The number of ketones is 1. The number of nitrogens with zero attached hydrogens (tertiary/aromatic N) is 1. The van der Waals surface area contributed by atoms with E-state index in [9.17, 15) is 14.9 Å². The second-order valence-corrected chi connectivity index (χ2v) is 10.5. The molecule has 180 valence electrons. The first kappa shape index (κ1) is 24.6. The van der Waals surface area contributed by atoms with Crippen molar-refractivity contribution in [3.8, 4) is 11.8 Å². The number of nitrogens with one attached hydrogen (secondary N) is 1. The summed E-state index contributed by atoms with van der Waals surface area (Å²) in [6.07, 6.45) is 0.848. The third-order valence-corrected chi connectivity index (χ3v) is 6.51. The van der Waals surface area contributed by atoms with Crippen molar-refractivity contribution >= 4 is 33.3 Å². The Hall–Kier alpha value is -3.57. The number of nitriles is 1. The van der Waals surface area contributed by atoms with Crippen LogP contribution in [0.15, 0.2) is 69.7 Å². The van der Waals surface area contributed by atoms with Gasteiger partial charge < -0.3 is 20.5 Å².